The van der Waals surface area contributed by atoms with Crippen molar-refractivity contribution < 1.29 is 19.1 Å². The summed E-state index contributed by atoms with van der Waals surface area (Å²) >= 11 is 0. The first-order valence-electron chi connectivity index (χ1n) is 8.56. The third-order valence-corrected chi connectivity index (χ3v) is 3.50. The minimum atomic E-state index is -0.628. The lowest BCUT2D eigenvalue weighted by Crippen LogP contribution is -2.43. The predicted molar refractivity (Wildman–Crippen MR) is 103 cm³/mol. The summed E-state index contributed by atoms with van der Waals surface area (Å²) in [7, 11) is 0. The summed E-state index contributed by atoms with van der Waals surface area (Å²) in [5.41, 5.74) is 5.88. The van der Waals surface area contributed by atoms with Crippen molar-refractivity contribution in [3.05, 3.63) is 59.7 Å². The van der Waals surface area contributed by atoms with E-state index in [9.17, 15) is 14.4 Å². The molecule has 142 valence electrons. The average molecular weight is 369 g/mol. The van der Waals surface area contributed by atoms with Gasteiger partial charge in [0.15, 0.2) is 5.78 Å². The molecule has 2 rings (SSSR count). The first kappa shape index (κ1) is 20.0. The standard InChI is InChI=1S/C20H23N3O4/c1-13(2)12-27-18-9-5-7-16(11-18)19(25)22-23-20(26)21-17-8-4-6-15(10-17)14(3)24/h4-11,13H,12H2,1-3H3,(H,22,25)(H2,21,23,26). The van der Waals surface area contributed by atoms with Crippen LogP contribution in [0.25, 0.3) is 0 Å². The van der Waals surface area contributed by atoms with Gasteiger partial charge in [0.2, 0.25) is 0 Å². The van der Waals surface area contributed by atoms with E-state index >= 15 is 0 Å². The second-order valence-corrected chi connectivity index (χ2v) is 6.40. The molecule has 27 heavy (non-hydrogen) atoms. The monoisotopic (exact) mass is 369 g/mol. The number of Topliss-reactive ketones (excluding diaryl/α,β-unsaturated/α-hetero) is 1. The zero-order valence-electron chi connectivity index (χ0n) is 15.5. The molecule has 0 fully saturated rings. The van der Waals surface area contributed by atoms with Gasteiger partial charge in [-0.3, -0.25) is 15.0 Å². The van der Waals surface area contributed by atoms with Crippen molar-refractivity contribution in [2.45, 2.75) is 20.8 Å². The van der Waals surface area contributed by atoms with Gasteiger partial charge < -0.3 is 10.1 Å². The number of nitrogens with one attached hydrogen (secondary N) is 3. The first-order chi connectivity index (χ1) is 12.8. The van der Waals surface area contributed by atoms with Crippen LogP contribution in [0.5, 0.6) is 5.75 Å². The number of ketones is 1. The van der Waals surface area contributed by atoms with Crippen LogP contribution in [-0.2, 0) is 0 Å². The van der Waals surface area contributed by atoms with Gasteiger partial charge in [0, 0.05) is 16.8 Å². The molecule has 2 aromatic rings. The van der Waals surface area contributed by atoms with E-state index in [-0.39, 0.29) is 5.78 Å². The molecule has 3 N–H and O–H groups in total. The van der Waals surface area contributed by atoms with Crippen LogP contribution in [0.4, 0.5) is 10.5 Å². The SMILES string of the molecule is CC(=O)c1cccc(NC(=O)NNC(=O)c2cccc(OCC(C)C)c2)c1. The van der Waals surface area contributed by atoms with Gasteiger partial charge in [-0.25, -0.2) is 10.2 Å². The number of urea groups is 1. The smallest absolute Gasteiger partial charge is 0.337 e. The number of hydrazine groups is 1. The normalized spacial score (nSPS) is 10.2. The number of amides is 3. The average Bonchev–Trinajstić information content (AvgIpc) is 2.65. The molecule has 0 heterocycles. The number of carbonyl (C=O) groups excluding carboxylic acids is 3. The largest absolute Gasteiger partial charge is 0.493 e. The van der Waals surface area contributed by atoms with E-state index in [4.69, 9.17) is 4.74 Å². The van der Waals surface area contributed by atoms with Crippen molar-refractivity contribution in [1.29, 1.82) is 0 Å². The zero-order valence-corrected chi connectivity index (χ0v) is 15.5. The minimum Gasteiger partial charge on any atom is -0.493 e. The van der Waals surface area contributed by atoms with Crippen LogP contribution in [-0.4, -0.2) is 24.3 Å². The van der Waals surface area contributed by atoms with Gasteiger partial charge in [-0.1, -0.05) is 32.0 Å². The summed E-state index contributed by atoms with van der Waals surface area (Å²) in [5.74, 6) is 0.376. The van der Waals surface area contributed by atoms with Crippen LogP contribution in [0, 0.1) is 5.92 Å². The topological polar surface area (TPSA) is 96.5 Å². The molecule has 3 amide bonds. The Kier molecular flexibility index (Phi) is 6.93. The molecule has 0 saturated heterocycles. The molecule has 0 spiro atoms. The zero-order chi connectivity index (χ0) is 19.8. The Morgan fingerprint density at radius 2 is 1.67 bits per heavy atom. The van der Waals surface area contributed by atoms with Crippen molar-refractivity contribution in [2.75, 3.05) is 11.9 Å². The molecule has 2 aromatic carbocycles. The fourth-order valence-corrected chi connectivity index (χ4v) is 2.15. The van der Waals surface area contributed by atoms with E-state index < -0.39 is 11.9 Å². The maximum atomic E-state index is 12.2. The van der Waals surface area contributed by atoms with Gasteiger partial charge in [-0.05, 0) is 43.2 Å². The van der Waals surface area contributed by atoms with Crippen LogP contribution in [0.15, 0.2) is 48.5 Å². The molecule has 0 aromatic heterocycles. The van der Waals surface area contributed by atoms with E-state index in [2.05, 4.69) is 16.2 Å². The Hall–Kier alpha value is -3.35. The van der Waals surface area contributed by atoms with Crippen molar-refractivity contribution in [1.82, 2.24) is 10.9 Å². The fourth-order valence-electron chi connectivity index (χ4n) is 2.15. The molecule has 0 saturated carbocycles. The Morgan fingerprint density at radius 3 is 2.37 bits per heavy atom. The third kappa shape index (κ3) is 6.47. The predicted octanol–water partition coefficient (Wildman–Crippen LogP) is 3.39. The minimum absolute atomic E-state index is 0.105. The van der Waals surface area contributed by atoms with Crippen molar-refractivity contribution in [3.63, 3.8) is 0 Å². The van der Waals surface area contributed by atoms with E-state index in [1.165, 1.54) is 6.92 Å². The van der Waals surface area contributed by atoms with Gasteiger partial charge >= 0.3 is 6.03 Å². The van der Waals surface area contributed by atoms with Crippen molar-refractivity contribution >= 4 is 23.4 Å². The summed E-state index contributed by atoms with van der Waals surface area (Å²) in [5, 5.41) is 2.55. The summed E-state index contributed by atoms with van der Waals surface area (Å²) in [6, 6.07) is 12.6. The number of benzene rings is 2. The Labute approximate surface area is 158 Å². The van der Waals surface area contributed by atoms with Gasteiger partial charge in [-0.2, -0.15) is 0 Å². The summed E-state index contributed by atoms with van der Waals surface area (Å²) in [6.45, 7) is 6.06. The molecule has 0 radical (unpaired) electrons. The Bertz CT molecular complexity index is 833. The lowest BCUT2D eigenvalue weighted by atomic mass is 10.1. The van der Waals surface area contributed by atoms with E-state index in [1.54, 1.807) is 48.5 Å². The van der Waals surface area contributed by atoms with E-state index in [0.717, 1.165) is 0 Å². The van der Waals surface area contributed by atoms with Crippen LogP contribution in [0.1, 0.15) is 41.5 Å². The number of carbonyl (C=O) groups is 3. The highest BCUT2D eigenvalue weighted by atomic mass is 16.5. The van der Waals surface area contributed by atoms with Crippen molar-refractivity contribution in [2.24, 2.45) is 5.92 Å². The number of rotatable bonds is 6. The highest BCUT2D eigenvalue weighted by Crippen LogP contribution is 2.14. The highest BCUT2D eigenvalue weighted by Gasteiger charge is 2.09. The lowest BCUT2D eigenvalue weighted by Gasteiger charge is -2.11. The van der Waals surface area contributed by atoms with Gasteiger partial charge in [0.25, 0.3) is 5.91 Å². The third-order valence-electron chi connectivity index (χ3n) is 3.50. The van der Waals surface area contributed by atoms with Crippen LogP contribution in [0.2, 0.25) is 0 Å². The maximum absolute atomic E-state index is 12.2. The molecule has 0 aliphatic heterocycles. The number of hydrogen-bond donors (Lipinski definition) is 3. The molecule has 7 heteroatoms. The quantitative estimate of drug-likeness (QED) is 0.537. The Balaban J connectivity index is 1.89. The van der Waals surface area contributed by atoms with Gasteiger partial charge in [-0.15, -0.1) is 0 Å². The summed E-state index contributed by atoms with van der Waals surface area (Å²) in [6.07, 6.45) is 0. The fraction of sp³-hybridized carbons (Fsp3) is 0.250. The molecule has 0 atom stereocenters. The molecule has 7 nitrogen and oxygen atoms in total. The summed E-state index contributed by atoms with van der Waals surface area (Å²) in [4.78, 5) is 35.5. The second-order valence-electron chi connectivity index (χ2n) is 6.40. The molecular weight excluding hydrogens is 346 g/mol. The molecular formula is C20H23N3O4. The van der Waals surface area contributed by atoms with Crippen LogP contribution < -0.4 is 20.9 Å². The molecule has 0 bridgehead atoms. The molecule has 0 aliphatic carbocycles. The number of anilines is 1. The lowest BCUT2D eigenvalue weighted by molar-refractivity contribution is 0.0936. The number of hydrogen-bond acceptors (Lipinski definition) is 4. The summed E-state index contributed by atoms with van der Waals surface area (Å²) < 4.78 is 5.59. The van der Waals surface area contributed by atoms with Gasteiger partial charge in [0.1, 0.15) is 5.75 Å². The maximum Gasteiger partial charge on any atom is 0.337 e. The second kappa shape index (κ2) is 9.38. The molecule has 0 aliphatic rings. The van der Waals surface area contributed by atoms with E-state index in [1.807, 2.05) is 13.8 Å². The van der Waals surface area contributed by atoms with Gasteiger partial charge in [0.05, 0.1) is 6.61 Å². The first-order valence-corrected chi connectivity index (χ1v) is 8.56. The van der Waals surface area contributed by atoms with Crippen LogP contribution >= 0.6 is 0 Å². The highest BCUT2D eigenvalue weighted by molar-refractivity contribution is 5.98. The van der Waals surface area contributed by atoms with Crippen LogP contribution in [0.3, 0.4) is 0 Å². The van der Waals surface area contributed by atoms with E-state index in [0.29, 0.717) is 35.1 Å². The molecule has 0 unspecified atom stereocenters. The Morgan fingerprint density at radius 1 is 0.963 bits per heavy atom. The number of ether oxygens (including phenoxy) is 1. The van der Waals surface area contributed by atoms with Crippen molar-refractivity contribution in [3.8, 4) is 5.75 Å².